The summed E-state index contributed by atoms with van der Waals surface area (Å²) in [7, 11) is 0. The van der Waals surface area contributed by atoms with E-state index in [9.17, 15) is 9.59 Å². The first kappa shape index (κ1) is 16.4. The van der Waals surface area contributed by atoms with Crippen LogP contribution in [0.4, 0.5) is 5.69 Å². The molecule has 0 aliphatic heterocycles. The highest BCUT2D eigenvalue weighted by Gasteiger charge is 2.12. The Hall–Kier alpha value is -1.59. The van der Waals surface area contributed by atoms with E-state index in [4.69, 9.17) is 11.5 Å². The maximum atomic E-state index is 11.6. The number of carbonyl (C=O) groups is 2. The first-order valence-electron chi connectivity index (χ1n) is 5.51. The van der Waals surface area contributed by atoms with Gasteiger partial charge in [0.15, 0.2) is 0 Å². The SMILES string of the molecule is CCCC(N)C(=O)Nc1ccc(C(N)=O)cc1.Cl. The van der Waals surface area contributed by atoms with Crippen molar-refractivity contribution in [3.8, 4) is 0 Å². The molecule has 0 fully saturated rings. The molecule has 5 nitrogen and oxygen atoms in total. The second-order valence-corrected chi connectivity index (χ2v) is 3.83. The number of carbonyl (C=O) groups excluding carboxylic acids is 2. The fourth-order valence-corrected chi connectivity index (χ4v) is 1.39. The molecule has 0 aliphatic rings. The van der Waals surface area contributed by atoms with Crippen LogP contribution in [0, 0.1) is 0 Å². The van der Waals surface area contributed by atoms with Crippen molar-refractivity contribution in [2.75, 3.05) is 5.32 Å². The Balaban J connectivity index is 0.00000289. The fourth-order valence-electron chi connectivity index (χ4n) is 1.39. The Bertz CT molecular complexity index is 406. The van der Waals surface area contributed by atoms with Gasteiger partial charge in [-0.25, -0.2) is 0 Å². The Morgan fingerprint density at radius 2 is 1.83 bits per heavy atom. The quantitative estimate of drug-likeness (QED) is 0.752. The van der Waals surface area contributed by atoms with Gasteiger partial charge in [-0.2, -0.15) is 0 Å². The van der Waals surface area contributed by atoms with Crippen LogP contribution in [0.5, 0.6) is 0 Å². The van der Waals surface area contributed by atoms with Gasteiger partial charge in [0, 0.05) is 11.3 Å². The normalized spacial score (nSPS) is 11.2. The molecule has 1 aromatic rings. The van der Waals surface area contributed by atoms with Gasteiger partial charge in [0.1, 0.15) is 0 Å². The number of primary amides is 1. The number of nitrogens with two attached hydrogens (primary N) is 2. The molecule has 1 unspecified atom stereocenters. The van der Waals surface area contributed by atoms with Crippen LogP contribution in [0.1, 0.15) is 30.1 Å². The van der Waals surface area contributed by atoms with E-state index in [0.717, 1.165) is 6.42 Å². The van der Waals surface area contributed by atoms with Crippen LogP contribution in [0.25, 0.3) is 0 Å². The summed E-state index contributed by atoms with van der Waals surface area (Å²) in [6.45, 7) is 1.97. The minimum absolute atomic E-state index is 0. The molecule has 0 saturated carbocycles. The van der Waals surface area contributed by atoms with E-state index in [-0.39, 0.29) is 18.3 Å². The summed E-state index contributed by atoms with van der Waals surface area (Å²) >= 11 is 0. The molecule has 0 bridgehead atoms. The van der Waals surface area contributed by atoms with Crippen LogP contribution in [-0.2, 0) is 4.79 Å². The third kappa shape index (κ3) is 4.73. The van der Waals surface area contributed by atoms with Crippen molar-refractivity contribution in [1.82, 2.24) is 0 Å². The van der Waals surface area contributed by atoms with E-state index < -0.39 is 11.9 Å². The van der Waals surface area contributed by atoms with Crippen LogP contribution in [0.2, 0.25) is 0 Å². The van der Waals surface area contributed by atoms with Crippen LogP contribution < -0.4 is 16.8 Å². The predicted molar refractivity (Wildman–Crippen MR) is 73.7 cm³/mol. The van der Waals surface area contributed by atoms with Crippen molar-refractivity contribution >= 4 is 29.9 Å². The highest BCUT2D eigenvalue weighted by atomic mass is 35.5. The third-order valence-corrected chi connectivity index (χ3v) is 2.37. The largest absolute Gasteiger partial charge is 0.366 e. The molecule has 0 heterocycles. The summed E-state index contributed by atoms with van der Waals surface area (Å²) in [6, 6.07) is 5.86. The van der Waals surface area contributed by atoms with E-state index in [0.29, 0.717) is 17.7 Å². The van der Waals surface area contributed by atoms with E-state index in [1.54, 1.807) is 24.3 Å². The first-order chi connectivity index (χ1) is 8.04. The number of nitrogens with one attached hydrogen (secondary N) is 1. The van der Waals surface area contributed by atoms with E-state index in [2.05, 4.69) is 5.32 Å². The summed E-state index contributed by atoms with van der Waals surface area (Å²) in [5.74, 6) is -0.718. The van der Waals surface area contributed by atoms with E-state index >= 15 is 0 Å². The van der Waals surface area contributed by atoms with Gasteiger partial charge >= 0.3 is 0 Å². The zero-order valence-corrected chi connectivity index (χ0v) is 11.0. The van der Waals surface area contributed by atoms with Crippen LogP contribution in [0.15, 0.2) is 24.3 Å². The van der Waals surface area contributed by atoms with Crippen molar-refractivity contribution in [1.29, 1.82) is 0 Å². The number of hydrogen-bond donors (Lipinski definition) is 3. The lowest BCUT2D eigenvalue weighted by atomic mass is 10.1. The maximum absolute atomic E-state index is 11.6. The molecule has 100 valence electrons. The Morgan fingerprint density at radius 3 is 2.28 bits per heavy atom. The van der Waals surface area contributed by atoms with Gasteiger partial charge in [-0.3, -0.25) is 9.59 Å². The van der Waals surface area contributed by atoms with Crippen LogP contribution >= 0.6 is 12.4 Å². The molecule has 1 atom stereocenters. The zero-order chi connectivity index (χ0) is 12.8. The Labute approximate surface area is 112 Å². The lowest BCUT2D eigenvalue weighted by molar-refractivity contribution is -0.117. The summed E-state index contributed by atoms with van der Waals surface area (Å²) in [4.78, 5) is 22.4. The van der Waals surface area contributed by atoms with Gasteiger partial charge in [0.05, 0.1) is 6.04 Å². The van der Waals surface area contributed by atoms with E-state index in [1.807, 2.05) is 6.92 Å². The van der Waals surface area contributed by atoms with Crippen molar-refractivity contribution < 1.29 is 9.59 Å². The number of hydrogen-bond acceptors (Lipinski definition) is 3. The number of anilines is 1. The van der Waals surface area contributed by atoms with Gasteiger partial charge in [-0.05, 0) is 30.7 Å². The second kappa shape index (κ2) is 7.68. The molecule has 2 amide bonds. The molecule has 0 radical (unpaired) electrons. The van der Waals surface area contributed by atoms with Crippen molar-refractivity contribution in [3.63, 3.8) is 0 Å². The zero-order valence-electron chi connectivity index (χ0n) is 10.2. The molecule has 6 heteroatoms. The Kier molecular flexibility index (Phi) is 7.00. The summed E-state index contributed by atoms with van der Waals surface area (Å²) in [6.07, 6.45) is 1.50. The second-order valence-electron chi connectivity index (χ2n) is 3.83. The standard InChI is InChI=1S/C12H17N3O2.ClH/c1-2-3-10(13)12(17)15-9-6-4-8(5-7-9)11(14)16;/h4-7,10H,2-3,13H2,1H3,(H2,14,16)(H,15,17);1H. The van der Waals surface area contributed by atoms with E-state index in [1.165, 1.54) is 0 Å². The molecule has 0 aliphatic carbocycles. The van der Waals surface area contributed by atoms with Gasteiger partial charge in [-0.15, -0.1) is 12.4 Å². The minimum Gasteiger partial charge on any atom is -0.366 e. The number of halogens is 1. The van der Waals surface area contributed by atoms with Gasteiger partial charge in [-0.1, -0.05) is 13.3 Å². The van der Waals surface area contributed by atoms with Crippen molar-refractivity contribution in [3.05, 3.63) is 29.8 Å². The molecule has 0 saturated heterocycles. The predicted octanol–water partition coefficient (Wildman–Crippen LogP) is 1.27. The molecule has 1 rings (SSSR count). The van der Waals surface area contributed by atoms with Gasteiger partial charge < -0.3 is 16.8 Å². The van der Waals surface area contributed by atoms with Crippen molar-refractivity contribution in [2.45, 2.75) is 25.8 Å². The van der Waals surface area contributed by atoms with Crippen molar-refractivity contribution in [2.24, 2.45) is 11.5 Å². The highest BCUT2D eigenvalue weighted by molar-refractivity contribution is 5.96. The monoisotopic (exact) mass is 271 g/mol. The summed E-state index contributed by atoms with van der Waals surface area (Å²) < 4.78 is 0. The van der Waals surface area contributed by atoms with Crippen LogP contribution in [0.3, 0.4) is 0 Å². The molecule has 18 heavy (non-hydrogen) atoms. The maximum Gasteiger partial charge on any atom is 0.248 e. The molecule has 5 N–H and O–H groups in total. The number of amides is 2. The summed E-state index contributed by atoms with van der Waals surface area (Å²) in [5.41, 5.74) is 11.8. The molecule has 0 spiro atoms. The summed E-state index contributed by atoms with van der Waals surface area (Å²) in [5, 5.41) is 2.68. The highest BCUT2D eigenvalue weighted by Crippen LogP contribution is 2.09. The molecule has 0 aromatic heterocycles. The van der Waals surface area contributed by atoms with Crippen LogP contribution in [-0.4, -0.2) is 17.9 Å². The third-order valence-electron chi connectivity index (χ3n) is 2.37. The number of benzene rings is 1. The average molecular weight is 272 g/mol. The fraction of sp³-hybridized carbons (Fsp3) is 0.333. The number of rotatable bonds is 5. The topological polar surface area (TPSA) is 98.2 Å². The lowest BCUT2D eigenvalue weighted by Crippen LogP contribution is -2.35. The molecular weight excluding hydrogens is 254 g/mol. The van der Waals surface area contributed by atoms with Gasteiger partial charge in [0.25, 0.3) is 0 Å². The average Bonchev–Trinajstić information content (AvgIpc) is 2.30. The Morgan fingerprint density at radius 1 is 1.28 bits per heavy atom. The smallest absolute Gasteiger partial charge is 0.248 e. The van der Waals surface area contributed by atoms with Gasteiger partial charge in [0.2, 0.25) is 11.8 Å². The lowest BCUT2D eigenvalue weighted by Gasteiger charge is -2.11. The minimum atomic E-state index is -0.504. The first-order valence-corrected chi connectivity index (χ1v) is 5.51. The molecular formula is C12H18ClN3O2. The molecule has 1 aromatic carbocycles.